The van der Waals surface area contributed by atoms with Crippen LogP contribution in [0.25, 0.3) is 0 Å². The van der Waals surface area contributed by atoms with Gasteiger partial charge < -0.3 is 15.2 Å². The Kier molecular flexibility index (Phi) is 3.02. The molecule has 3 N–H and O–H groups in total. The van der Waals surface area contributed by atoms with Gasteiger partial charge in [0.05, 0.1) is 6.07 Å². The van der Waals surface area contributed by atoms with Crippen LogP contribution in [0.2, 0.25) is 0 Å². The van der Waals surface area contributed by atoms with E-state index >= 15 is 0 Å². The molecule has 1 aromatic rings. The first-order chi connectivity index (χ1) is 6.56. The van der Waals surface area contributed by atoms with Gasteiger partial charge in [0.25, 0.3) is 5.56 Å². The smallest absolute Gasteiger partial charge is 0.250 e. The second-order valence-electron chi connectivity index (χ2n) is 2.96. The van der Waals surface area contributed by atoms with Crippen LogP contribution in [0.5, 0.6) is 0 Å². The molecule has 0 saturated carbocycles. The van der Waals surface area contributed by atoms with E-state index in [2.05, 4.69) is 4.98 Å². The average Bonchev–Trinajstić information content (AvgIpc) is 2.20. The van der Waals surface area contributed by atoms with E-state index in [0.29, 0.717) is 11.1 Å². The summed E-state index contributed by atoms with van der Waals surface area (Å²) in [5.74, 6) is 0. The number of hydrogen-bond acceptors (Lipinski definition) is 4. The summed E-state index contributed by atoms with van der Waals surface area (Å²) in [6, 6.07) is 2.95. The molecule has 2 atom stereocenters. The Morgan fingerprint density at radius 1 is 1.57 bits per heavy atom. The van der Waals surface area contributed by atoms with Crippen molar-refractivity contribution in [2.45, 2.75) is 19.1 Å². The molecule has 0 amide bonds. The highest BCUT2D eigenvalue weighted by Gasteiger charge is 2.17. The maximum absolute atomic E-state index is 11.0. The van der Waals surface area contributed by atoms with Crippen LogP contribution in [0.15, 0.2) is 17.1 Å². The van der Waals surface area contributed by atoms with E-state index in [1.807, 2.05) is 0 Å². The molecule has 5 nitrogen and oxygen atoms in total. The third-order valence-electron chi connectivity index (χ3n) is 1.88. The van der Waals surface area contributed by atoms with Crippen molar-refractivity contribution in [3.05, 3.63) is 33.7 Å². The van der Waals surface area contributed by atoms with E-state index in [-0.39, 0.29) is 5.56 Å². The lowest BCUT2D eigenvalue weighted by Gasteiger charge is -2.11. The minimum Gasteiger partial charge on any atom is -0.384 e. The predicted octanol–water partition coefficient (Wildman–Crippen LogP) is -0.399. The number of aliphatic hydroxyl groups is 2. The molecule has 0 fully saturated rings. The van der Waals surface area contributed by atoms with Crippen LogP contribution >= 0.6 is 0 Å². The highest BCUT2D eigenvalue weighted by Crippen LogP contribution is 2.14. The van der Waals surface area contributed by atoms with Crippen LogP contribution in [0, 0.1) is 18.3 Å². The van der Waals surface area contributed by atoms with Crippen LogP contribution < -0.4 is 5.56 Å². The number of hydrogen-bond donors (Lipinski definition) is 3. The van der Waals surface area contributed by atoms with Gasteiger partial charge in [-0.2, -0.15) is 5.26 Å². The third-order valence-corrected chi connectivity index (χ3v) is 1.88. The van der Waals surface area contributed by atoms with Crippen LogP contribution in [0.4, 0.5) is 0 Å². The zero-order chi connectivity index (χ0) is 10.7. The average molecular weight is 194 g/mol. The van der Waals surface area contributed by atoms with E-state index < -0.39 is 12.2 Å². The lowest BCUT2D eigenvalue weighted by Crippen LogP contribution is -2.18. The highest BCUT2D eigenvalue weighted by atomic mass is 16.3. The number of nitriles is 1. The minimum atomic E-state index is -1.49. The second kappa shape index (κ2) is 4.05. The van der Waals surface area contributed by atoms with Gasteiger partial charge in [-0.25, -0.2) is 0 Å². The Bertz CT molecular complexity index is 419. The molecular weight excluding hydrogens is 184 g/mol. The normalized spacial score (nSPS) is 14.4. The molecule has 0 aliphatic heterocycles. The Hall–Kier alpha value is -1.64. The first kappa shape index (κ1) is 10.4. The summed E-state index contributed by atoms with van der Waals surface area (Å²) in [5.41, 5.74) is 0.482. The second-order valence-corrected chi connectivity index (χ2v) is 2.96. The zero-order valence-electron chi connectivity index (χ0n) is 7.56. The molecule has 0 saturated heterocycles. The maximum atomic E-state index is 11.0. The van der Waals surface area contributed by atoms with E-state index in [1.165, 1.54) is 18.3 Å². The van der Waals surface area contributed by atoms with E-state index in [1.54, 1.807) is 6.92 Å². The molecule has 0 radical (unpaired) electrons. The number of aromatic nitrogens is 1. The van der Waals surface area contributed by atoms with Crippen molar-refractivity contribution in [3.63, 3.8) is 0 Å². The zero-order valence-corrected chi connectivity index (χ0v) is 7.56. The van der Waals surface area contributed by atoms with Crippen molar-refractivity contribution in [1.29, 1.82) is 5.26 Å². The summed E-state index contributed by atoms with van der Waals surface area (Å²) in [6.07, 6.45) is -1.50. The predicted molar refractivity (Wildman–Crippen MR) is 48.4 cm³/mol. The summed E-state index contributed by atoms with van der Waals surface area (Å²) < 4.78 is 0. The van der Waals surface area contributed by atoms with Gasteiger partial charge in [-0.3, -0.25) is 4.79 Å². The largest absolute Gasteiger partial charge is 0.384 e. The molecule has 0 spiro atoms. The number of aliphatic hydroxyl groups excluding tert-OH is 2. The van der Waals surface area contributed by atoms with Crippen molar-refractivity contribution < 1.29 is 10.2 Å². The Labute approximate surface area is 80.3 Å². The molecule has 74 valence electrons. The molecule has 14 heavy (non-hydrogen) atoms. The summed E-state index contributed by atoms with van der Waals surface area (Å²) in [7, 11) is 0. The van der Waals surface area contributed by atoms with Crippen molar-refractivity contribution in [1.82, 2.24) is 4.98 Å². The Morgan fingerprint density at radius 2 is 2.21 bits per heavy atom. The fourth-order valence-electron chi connectivity index (χ4n) is 1.04. The lowest BCUT2D eigenvalue weighted by molar-refractivity contribution is 0.0525. The molecular formula is C9H10N2O3. The molecule has 2 unspecified atom stereocenters. The fraction of sp³-hybridized carbons (Fsp3) is 0.333. The SMILES string of the molecule is Cc1cc(C(O)C(O)C#N)c[nH]c1=O. The number of H-pyrrole nitrogens is 1. The van der Waals surface area contributed by atoms with Gasteiger partial charge in [-0.15, -0.1) is 0 Å². The molecule has 1 heterocycles. The van der Waals surface area contributed by atoms with Crippen molar-refractivity contribution in [2.24, 2.45) is 0 Å². The quantitative estimate of drug-likeness (QED) is 0.558. The first-order valence-corrected chi connectivity index (χ1v) is 4.01. The van der Waals surface area contributed by atoms with E-state index in [9.17, 15) is 9.90 Å². The van der Waals surface area contributed by atoms with Gasteiger partial charge >= 0.3 is 0 Å². The van der Waals surface area contributed by atoms with Gasteiger partial charge in [0, 0.05) is 17.3 Å². The molecule has 0 aliphatic carbocycles. The first-order valence-electron chi connectivity index (χ1n) is 4.01. The minimum absolute atomic E-state index is 0.257. The fourth-order valence-corrected chi connectivity index (χ4v) is 1.04. The summed E-state index contributed by atoms with van der Waals surface area (Å²) >= 11 is 0. The van der Waals surface area contributed by atoms with Crippen LogP contribution in [-0.2, 0) is 0 Å². The Balaban J connectivity index is 3.04. The van der Waals surface area contributed by atoms with Gasteiger partial charge in [0.2, 0.25) is 0 Å². The van der Waals surface area contributed by atoms with Crippen LogP contribution in [-0.4, -0.2) is 21.3 Å². The summed E-state index contributed by atoms with van der Waals surface area (Å²) in [6.45, 7) is 1.58. The van der Waals surface area contributed by atoms with E-state index in [0.717, 1.165) is 0 Å². The number of rotatable bonds is 2. The van der Waals surface area contributed by atoms with Gasteiger partial charge in [-0.1, -0.05) is 0 Å². The third kappa shape index (κ3) is 1.99. The molecule has 0 aromatic carbocycles. The number of nitrogens with one attached hydrogen (secondary N) is 1. The standard InChI is InChI=1S/C9H10N2O3/c1-5-2-6(4-11-9(5)14)8(13)7(12)3-10/h2,4,7-8,12-13H,1H3,(H,11,14). The van der Waals surface area contributed by atoms with Crippen LogP contribution in [0.3, 0.4) is 0 Å². The number of aromatic amines is 1. The van der Waals surface area contributed by atoms with Gasteiger partial charge in [-0.05, 0) is 13.0 Å². The molecule has 1 rings (SSSR count). The lowest BCUT2D eigenvalue weighted by atomic mass is 10.1. The highest BCUT2D eigenvalue weighted by molar-refractivity contribution is 5.21. The van der Waals surface area contributed by atoms with Crippen molar-refractivity contribution in [3.8, 4) is 6.07 Å². The van der Waals surface area contributed by atoms with Crippen LogP contribution in [0.1, 0.15) is 17.2 Å². The molecule has 1 aromatic heterocycles. The molecule has 0 aliphatic rings. The number of aryl methyl sites for hydroxylation is 1. The Morgan fingerprint density at radius 3 is 2.71 bits per heavy atom. The van der Waals surface area contributed by atoms with Gasteiger partial charge in [0.15, 0.2) is 6.10 Å². The monoisotopic (exact) mass is 194 g/mol. The van der Waals surface area contributed by atoms with Gasteiger partial charge in [0.1, 0.15) is 6.10 Å². The topological polar surface area (TPSA) is 97.1 Å². The number of nitrogens with zero attached hydrogens (tertiary/aromatic N) is 1. The molecule has 5 heteroatoms. The maximum Gasteiger partial charge on any atom is 0.250 e. The summed E-state index contributed by atoms with van der Waals surface area (Å²) in [4.78, 5) is 13.4. The van der Waals surface area contributed by atoms with Crippen molar-refractivity contribution in [2.75, 3.05) is 0 Å². The number of pyridine rings is 1. The van der Waals surface area contributed by atoms with E-state index in [4.69, 9.17) is 10.4 Å². The van der Waals surface area contributed by atoms with Crippen molar-refractivity contribution >= 4 is 0 Å². The molecule has 0 bridgehead atoms. The summed E-state index contributed by atoms with van der Waals surface area (Å²) in [5, 5.41) is 26.8.